The monoisotopic (exact) mass is 187 g/mol. The Morgan fingerprint density at radius 3 is 2.75 bits per heavy atom. The van der Waals surface area contributed by atoms with Gasteiger partial charge in [0.05, 0.1) is 6.61 Å². The van der Waals surface area contributed by atoms with Crippen LogP contribution in [0.1, 0.15) is 19.3 Å². The molecule has 0 radical (unpaired) electrons. The minimum Gasteiger partial charge on any atom is -0.395 e. The number of rotatable bonds is 4. The van der Waals surface area contributed by atoms with E-state index >= 15 is 0 Å². The Morgan fingerprint density at radius 2 is 2.25 bits per heavy atom. The highest BCUT2D eigenvalue weighted by atomic mass is 32.2. The van der Waals surface area contributed by atoms with Gasteiger partial charge < -0.3 is 10.4 Å². The molecule has 1 heterocycles. The van der Waals surface area contributed by atoms with E-state index in [1.807, 2.05) is 11.8 Å². The molecule has 2 rings (SSSR count). The van der Waals surface area contributed by atoms with Crippen molar-refractivity contribution in [3.8, 4) is 0 Å². The second-order valence-corrected chi connectivity index (χ2v) is 5.00. The molecule has 0 spiro atoms. The Kier molecular flexibility index (Phi) is 2.94. The Hall–Kier alpha value is 0.270. The molecule has 0 aromatic heterocycles. The molecule has 2 aliphatic rings. The maximum Gasteiger partial charge on any atom is 0.0587 e. The first-order valence-electron chi connectivity index (χ1n) is 4.85. The third kappa shape index (κ3) is 2.15. The van der Waals surface area contributed by atoms with Gasteiger partial charge in [-0.15, -0.1) is 0 Å². The molecule has 2 atom stereocenters. The molecule has 3 heteroatoms. The SMILES string of the molecule is OCC(NC1CC1)C1CCSC1. The van der Waals surface area contributed by atoms with Gasteiger partial charge in [0.15, 0.2) is 0 Å². The van der Waals surface area contributed by atoms with Crippen molar-refractivity contribution < 1.29 is 5.11 Å². The number of aliphatic hydroxyl groups is 1. The van der Waals surface area contributed by atoms with Crippen LogP contribution >= 0.6 is 11.8 Å². The van der Waals surface area contributed by atoms with Gasteiger partial charge in [-0.3, -0.25) is 0 Å². The van der Waals surface area contributed by atoms with Crippen LogP contribution in [0.15, 0.2) is 0 Å². The lowest BCUT2D eigenvalue weighted by atomic mass is 10.00. The van der Waals surface area contributed by atoms with Crippen molar-refractivity contribution in [2.24, 2.45) is 5.92 Å². The number of hydrogen-bond acceptors (Lipinski definition) is 3. The highest BCUT2D eigenvalue weighted by molar-refractivity contribution is 7.99. The molecule has 0 bridgehead atoms. The maximum absolute atomic E-state index is 9.19. The Bertz CT molecular complexity index is 143. The van der Waals surface area contributed by atoms with Crippen LogP contribution in [0, 0.1) is 5.92 Å². The lowest BCUT2D eigenvalue weighted by Crippen LogP contribution is -2.40. The number of nitrogens with one attached hydrogen (secondary N) is 1. The molecule has 1 saturated carbocycles. The van der Waals surface area contributed by atoms with Gasteiger partial charge in [-0.1, -0.05) is 0 Å². The van der Waals surface area contributed by atoms with Gasteiger partial charge in [0, 0.05) is 12.1 Å². The minimum atomic E-state index is 0.321. The summed E-state index contributed by atoms with van der Waals surface area (Å²) in [5.41, 5.74) is 0. The predicted molar refractivity (Wildman–Crippen MR) is 52.5 cm³/mol. The van der Waals surface area contributed by atoms with Crippen LogP contribution in [0.4, 0.5) is 0 Å². The second-order valence-electron chi connectivity index (χ2n) is 3.85. The van der Waals surface area contributed by atoms with E-state index in [0.29, 0.717) is 12.6 Å². The van der Waals surface area contributed by atoms with Crippen molar-refractivity contribution in [2.45, 2.75) is 31.3 Å². The zero-order valence-corrected chi connectivity index (χ0v) is 8.15. The summed E-state index contributed by atoms with van der Waals surface area (Å²) in [6, 6.07) is 1.11. The molecule has 1 aliphatic heterocycles. The van der Waals surface area contributed by atoms with Gasteiger partial charge in [-0.05, 0) is 36.7 Å². The summed E-state index contributed by atoms with van der Waals surface area (Å²) in [6.07, 6.45) is 3.92. The first kappa shape index (κ1) is 8.85. The summed E-state index contributed by atoms with van der Waals surface area (Å²) < 4.78 is 0. The summed E-state index contributed by atoms with van der Waals surface area (Å²) in [4.78, 5) is 0. The number of aliphatic hydroxyl groups excluding tert-OH is 1. The fraction of sp³-hybridized carbons (Fsp3) is 1.00. The maximum atomic E-state index is 9.19. The summed E-state index contributed by atoms with van der Waals surface area (Å²) in [5.74, 6) is 3.25. The van der Waals surface area contributed by atoms with Crippen LogP contribution < -0.4 is 5.32 Å². The van der Waals surface area contributed by atoms with Crippen LogP contribution in [0.5, 0.6) is 0 Å². The quantitative estimate of drug-likeness (QED) is 0.684. The standard InChI is InChI=1S/C9H17NOS/c11-5-9(10-8-1-2-8)7-3-4-12-6-7/h7-11H,1-6H2. The molecule has 0 aromatic carbocycles. The van der Waals surface area contributed by atoms with Crippen LogP contribution in [0.3, 0.4) is 0 Å². The van der Waals surface area contributed by atoms with E-state index < -0.39 is 0 Å². The fourth-order valence-electron chi connectivity index (χ4n) is 1.76. The average molecular weight is 187 g/mol. The van der Waals surface area contributed by atoms with Crippen molar-refractivity contribution in [1.82, 2.24) is 5.32 Å². The van der Waals surface area contributed by atoms with Gasteiger partial charge in [0.1, 0.15) is 0 Å². The fourth-order valence-corrected chi connectivity index (χ4v) is 3.10. The molecule has 12 heavy (non-hydrogen) atoms. The number of hydrogen-bond donors (Lipinski definition) is 2. The molecule has 70 valence electrons. The summed E-state index contributed by atoms with van der Waals surface area (Å²) in [6.45, 7) is 0.321. The second kappa shape index (κ2) is 3.99. The van der Waals surface area contributed by atoms with E-state index in [0.717, 1.165) is 12.0 Å². The first-order chi connectivity index (χ1) is 5.90. The van der Waals surface area contributed by atoms with Crippen molar-refractivity contribution in [1.29, 1.82) is 0 Å². The van der Waals surface area contributed by atoms with Gasteiger partial charge in [-0.2, -0.15) is 11.8 Å². The molecule has 2 nitrogen and oxygen atoms in total. The third-order valence-corrected chi connectivity index (χ3v) is 3.95. The van der Waals surface area contributed by atoms with Gasteiger partial charge >= 0.3 is 0 Å². The molecule has 0 amide bonds. The van der Waals surface area contributed by atoms with Crippen molar-refractivity contribution in [2.75, 3.05) is 18.1 Å². The van der Waals surface area contributed by atoms with Crippen LogP contribution in [0.2, 0.25) is 0 Å². The van der Waals surface area contributed by atoms with Crippen LogP contribution in [0.25, 0.3) is 0 Å². The topological polar surface area (TPSA) is 32.3 Å². The largest absolute Gasteiger partial charge is 0.395 e. The summed E-state index contributed by atoms with van der Waals surface area (Å²) in [7, 11) is 0. The van der Waals surface area contributed by atoms with Gasteiger partial charge in [0.25, 0.3) is 0 Å². The van der Waals surface area contributed by atoms with E-state index in [1.54, 1.807) is 0 Å². The summed E-state index contributed by atoms with van der Waals surface area (Å²) in [5, 5.41) is 12.7. The smallest absolute Gasteiger partial charge is 0.0587 e. The average Bonchev–Trinajstić information content (AvgIpc) is 2.74. The molecule has 2 fully saturated rings. The van der Waals surface area contributed by atoms with E-state index in [9.17, 15) is 5.11 Å². The van der Waals surface area contributed by atoms with Crippen LogP contribution in [-0.4, -0.2) is 35.3 Å². The van der Waals surface area contributed by atoms with Crippen LogP contribution in [-0.2, 0) is 0 Å². The van der Waals surface area contributed by atoms with Gasteiger partial charge in [0.2, 0.25) is 0 Å². The summed E-state index contributed by atoms with van der Waals surface area (Å²) >= 11 is 2.02. The first-order valence-corrected chi connectivity index (χ1v) is 6.00. The van der Waals surface area contributed by atoms with E-state index in [4.69, 9.17) is 0 Å². The van der Waals surface area contributed by atoms with Gasteiger partial charge in [-0.25, -0.2) is 0 Å². The zero-order chi connectivity index (χ0) is 8.39. The molecule has 1 saturated heterocycles. The molecule has 2 unspecified atom stereocenters. The lowest BCUT2D eigenvalue weighted by Gasteiger charge is -2.21. The van der Waals surface area contributed by atoms with E-state index in [-0.39, 0.29) is 0 Å². The Morgan fingerprint density at radius 1 is 1.42 bits per heavy atom. The van der Waals surface area contributed by atoms with Crippen molar-refractivity contribution >= 4 is 11.8 Å². The highest BCUT2D eigenvalue weighted by Crippen LogP contribution is 2.28. The van der Waals surface area contributed by atoms with Crippen molar-refractivity contribution in [3.63, 3.8) is 0 Å². The molecule has 0 aromatic rings. The molecule has 2 N–H and O–H groups in total. The Balaban J connectivity index is 1.78. The molecular weight excluding hydrogens is 170 g/mol. The zero-order valence-electron chi connectivity index (χ0n) is 7.33. The predicted octanol–water partition coefficient (Wildman–Crippen LogP) is 0.852. The van der Waals surface area contributed by atoms with E-state index in [2.05, 4.69) is 5.32 Å². The minimum absolute atomic E-state index is 0.321. The van der Waals surface area contributed by atoms with E-state index in [1.165, 1.54) is 30.8 Å². The number of thioether (sulfide) groups is 1. The normalized spacial score (nSPS) is 32.2. The molecule has 1 aliphatic carbocycles. The Labute approximate surface area is 78.1 Å². The third-order valence-electron chi connectivity index (χ3n) is 2.76. The van der Waals surface area contributed by atoms with Crippen molar-refractivity contribution in [3.05, 3.63) is 0 Å². The lowest BCUT2D eigenvalue weighted by molar-refractivity contribution is 0.205. The molecular formula is C9H17NOS. The highest BCUT2D eigenvalue weighted by Gasteiger charge is 2.30.